The maximum Gasteiger partial charge on any atom is 0.248 e. The van der Waals surface area contributed by atoms with E-state index in [2.05, 4.69) is 5.32 Å². The van der Waals surface area contributed by atoms with E-state index >= 15 is 0 Å². The van der Waals surface area contributed by atoms with Crippen molar-refractivity contribution >= 4 is 28.8 Å². The van der Waals surface area contributed by atoms with Crippen molar-refractivity contribution < 1.29 is 19.0 Å². The Hall–Kier alpha value is -4.64. The lowest BCUT2D eigenvalue weighted by atomic mass is 9.88. The van der Waals surface area contributed by atoms with Crippen molar-refractivity contribution in [1.29, 1.82) is 0 Å². The topological polar surface area (TPSA) is 58.6 Å². The number of halogens is 1. The van der Waals surface area contributed by atoms with Gasteiger partial charge in [0.25, 0.3) is 0 Å². The molecule has 0 spiro atoms. The average molecular weight is 478 g/mol. The Kier molecular flexibility index (Phi) is 6.63. The van der Waals surface area contributed by atoms with Crippen molar-refractivity contribution in [3.8, 4) is 11.5 Å². The van der Waals surface area contributed by atoms with Gasteiger partial charge in [0.05, 0.1) is 6.61 Å². The average Bonchev–Trinajstić information content (AvgIpc) is 3.08. The zero-order valence-electron chi connectivity index (χ0n) is 19.4. The fraction of sp³-hybridized carbons (Fsp3) is 0.0645. The molecule has 0 fully saturated rings. The van der Waals surface area contributed by atoms with Crippen LogP contribution in [0.1, 0.15) is 28.7 Å². The summed E-state index contributed by atoms with van der Waals surface area (Å²) in [6, 6.07) is 28.8. The van der Waals surface area contributed by atoms with Crippen molar-refractivity contribution in [3.63, 3.8) is 0 Å². The number of rotatable bonds is 5. The molecule has 1 heterocycles. The van der Waals surface area contributed by atoms with Crippen molar-refractivity contribution in [2.24, 2.45) is 0 Å². The first kappa shape index (κ1) is 23.1. The van der Waals surface area contributed by atoms with Crippen molar-refractivity contribution in [2.45, 2.75) is 6.42 Å². The molecule has 1 amide bonds. The number of phenols is 1. The molecule has 2 N–H and O–H groups in total. The summed E-state index contributed by atoms with van der Waals surface area (Å²) in [5.41, 5.74) is 6.33. The van der Waals surface area contributed by atoms with Gasteiger partial charge in [-0.3, -0.25) is 4.79 Å². The minimum absolute atomic E-state index is 0.195. The molecule has 0 bridgehead atoms. The maximum atomic E-state index is 14.0. The second kappa shape index (κ2) is 10.3. The van der Waals surface area contributed by atoms with Crippen LogP contribution in [-0.2, 0) is 4.79 Å². The van der Waals surface area contributed by atoms with Crippen LogP contribution in [0.2, 0.25) is 0 Å². The maximum absolute atomic E-state index is 14.0. The molecule has 5 rings (SSSR count). The largest absolute Gasteiger partial charge is 0.508 e. The Morgan fingerprint density at radius 1 is 0.889 bits per heavy atom. The Labute approximate surface area is 209 Å². The van der Waals surface area contributed by atoms with Gasteiger partial charge in [0.1, 0.15) is 17.3 Å². The molecular formula is C31H24FNO3. The van der Waals surface area contributed by atoms with Gasteiger partial charge in [0.15, 0.2) is 0 Å². The first-order valence-corrected chi connectivity index (χ1v) is 11.7. The van der Waals surface area contributed by atoms with E-state index in [-0.39, 0.29) is 17.5 Å². The molecule has 0 saturated heterocycles. The van der Waals surface area contributed by atoms with E-state index in [1.807, 2.05) is 66.7 Å². The molecule has 5 heteroatoms. The van der Waals surface area contributed by atoms with Gasteiger partial charge in [-0.2, -0.15) is 0 Å². The summed E-state index contributed by atoms with van der Waals surface area (Å²) in [7, 11) is 0. The molecule has 0 aliphatic carbocycles. The number of hydrogen-bond acceptors (Lipinski definition) is 3. The predicted molar refractivity (Wildman–Crippen MR) is 141 cm³/mol. The highest BCUT2D eigenvalue weighted by atomic mass is 19.1. The van der Waals surface area contributed by atoms with Gasteiger partial charge in [-0.15, -0.1) is 0 Å². The lowest BCUT2D eigenvalue weighted by Gasteiger charge is -2.15. The molecule has 4 aromatic rings. The first-order valence-electron chi connectivity index (χ1n) is 11.7. The second-order valence-electron chi connectivity index (χ2n) is 8.45. The highest BCUT2D eigenvalue weighted by molar-refractivity contribution is 6.02. The fourth-order valence-corrected chi connectivity index (χ4v) is 4.29. The van der Waals surface area contributed by atoms with Crippen molar-refractivity contribution in [1.82, 2.24) is 0 Å². The number of carbonyl (C=O) groups is 1. The molecule has 0 radical (unpaired) electrons. The SMILES string of the molecule is O=C(/C=C/c1ccc(C2=C(c3ccc(O)cc3)CCOc3cc(F)ccc32)cc1)Nc1ccccc1. The Balaban J connectivity index is 1.49. The lowest BCUT2D eigenvalue weighted by Crippen LogP contribution is -2.07. The van der Waals surface area contributed by atoms with Crippen molar-refractivity contribution in [3.05, 3.63) is 131 Å². The minimum atomic E-state index is -0.351. The fourth-order valence-electron chi connectivity index (χ4n) is 4.29. The number of carbonyl (C=O) groups excluding carboxylic acids is 1. The van der Waals surface area contributed by atoms with Crippen LogP contribution in [0.4, 0.5) is 10.1 Å². The smallest absolute Gasteiger partial charge is 0.248 e. The van der Waals surface area contributed by atoms with E-state index in [0.717, 1.165) is 39.1 Å². The van der Waals surface area contributed by atoms with Crippen molar-refractivity contribution in [2.75, 3.05) is 11.9 Å². The van der Waals surface area contributed by atoms with Gasteiger partial charge in [-0.05, 0) is 70.3 Å². The molecule has 4 aromatic carbocycles. The van der Waals surface area contributed by atoms with Crippen LogP contribution in [0.3, 0.4) is 0 Å². The van der Waals surface area contributed by atoms with Crippen LogP contribution in [0.5, 0.6) is 11.5 Å². The summed E-state index contributed by atoms with van der Waals surface area (Å²) in [6.45, 7) is 0.410. The molecule has 1 aliphatic heterocycles. The van der Waals surface area contributed by atoms with Crippen LogP contribution < -0.4 is 10.1 Å². The zero-order chi connectivity index (χ0) is 24.9. The molecule has 0 unspecified atom stereocenters. The molecule has 0 aromatic heterocycles. The number of fused-ring (bicyclic) bond motifs is 1. The van der Waals surface area contributed by atoms with Gasteiger partial charge >= 0.3 is 0 Å². The third kappa shape index (κ3) is 5.20. The van der Waals surface area contributed by atoms with E-state index in [9.17, 15) is 14.3 Å². The number of anilines is 1. The summed E-state index contributed by atoms with van der Waals surface area (Å²) >= 11 is 0. The third-order valence-corrected chi connectivity index (χ3v) is 6.01. The lowest BCUT2D eigenvalue weighted by molar-refractivity contribution is -0.111. The highest BCUT2D eigenvalue weighted by Crippen LogP contribution is 2.41. The van der Waals surface area contributed by atoms with Crippen LogP contribution in [0, 0.1) is 5.82 Å². The highest BCUT2D eigenvalue weighted by Gasteiger charge is 2.21. The first-order chi connectivity index (χ1) is 17.6. The Morgan fingerprint density at radius 2 is 1.61 bits per heavy atom. The summed E-state index contributed by atoms with van der Waals surface area (Å²) in [4.78, 5) is 12.3. The summed E-state index contributed by atoms with van der Waals surface area (Å²) in [6.07, 6.45) is 3.88. The van der Waals surface area contributed by atoms with Crippen LogP contribution in [-0.4, -0.2) is 17.6 Å². The molecule has 178 valence electrons. The predicted octanol–water partition coefficient (Wildman–Crippen LogP) is 6.92. The van der Waals surface area contributed by atoms with Gasteiger partial charge in [0, 0.05) is 29.8 Å². The van der Waals surface area contributed by atoms with E-state index in [1.54, 1.807) is 24.3 Å². The Bertz CT molecular complexity index is 1440. The van der Waals surface area contributed by atoms with Crippen LogP contribution in [0.15, 0.2) is 103 Å². The van der Waals surface area contributed by atoms with Gasteiger partial charge < -0.3 is 15.2 Å². The standard InChI is InChI=1S/C31H24FNO3/c32-24-13-16-28-29(20-24)36-19-18-27(22-11-14-26(34)15-12-22)31(28)23-9-6-21(7-10-23)8-17-30(35)33-25-4-2-1-3-5-25/h1-17,20,34H,18-19H2,(H,33,35)/b17-8+. The number of para-hydroxylation sites is 1. The molecule has 4 nitrogen and oxygen atoms in total. The van der Waals surface area contributed by atoms with E-state index < -0.39 is 0 Å². The van der Waals surface area contributed by atoms with Gasteiger partial charge in [-0.25, -0.2) is 4.39 Å². The number of ether oxygens (including phenoxy) is 1. The molecule has 0 atom stereocenters. The molecular weight excluding hydrogens is 453 g/mol. The monoisotopic (exact) mass is 477 g/mol. The number of aromatic hydroxyl groups is 1. The summed E-state index contributed by atoms with van der Waals surface area (Å²) in [5, 5.41) is 12.6. The van der Waals surface area contributed by atoms with E-state index in [0.29, 0.717) is 18.8 Å². The van der Waals surface area contributed by atoms with Gasteiger partial charge in [0.2, 0.25) is 5.91 Å². The van der Waals surface area contributed by atoms with E-state index in [1.165, 1.54) is 18.2 Å². The normalized spacial score (nSPS) is 13.1. The van der Waals surface area contributed by atoms with Gasteiger partial charge in [-0.1, -0.05) is 54.6 Å². The third-order valence-electron chi connectivity index (χ3n) is 6.01. The second-order valence-corrected chi connectivity index (χ2v) is 8.45. The molecule has 36 heavy (non-hydrogen) atoms. The summed E-state index contributed by atoms with van der Waals surface area (Å²) < 4.78 is 19.9. The van der Waals surface area contributed by atoms with Crippen LogP contribution in [0.25, 0.3) is 17.2 Å². The van der Waals surface area contributed by atoms with E-state index in [4.69, 9.17) is 4.74 Å². The molecule has 0 saturated carbocycles. The number of hydrogen-bond donors (Lipinski definition) is 2. The number of benzene rings is 4. The molecule has 1 aliphatic rings. The van der Waals surface area contributed by atoms with Crippen LogP contribution >= 0.6 is 0 Å². The Morgan fingerprint density at radius 3 is 2.36 bits per heavy atom. The summed E-state index contributed by atoms with van der Waals surface area (Å²) in [5.74, 6) is 0.135. The zero-order valence-corrected chi connectivity index (χ0v) is 19.4. The number of phenolic OH excluding ortho intramolecular Hbond substituents is 1. The number of amides is 1. The quantitative estimate of drug-likeness (QED) is 0.307. The number of nitrogens with one attached hydrogen (secondary N) is 1. The minimum Gasteiger partial charge on any atom is -0.508 e.